The van der Waals surface area contributed by atoms with Gasteiger partial charge in [0.1, 0.15) is 12.1 Å². The zero-order valence-corrected chi connectivity index (χ0v) is 19.2. The molecule has 1 aliphatic carbocycles. The molecular formula is C24H23N5O4S. The Hall–Kier alpha value is -3.50. The van der Waals surface area contributed by atoms with E-state index in [1.165, 1.54) is 0 Å². The number of amides is 4. The lowest BCUT2D eigenvalue weighted by atomic mass is 9.92. The predicted molar refractivity (Wildman–Crippen MR) is 128 cm³/mol. The van der Waals surface area contributed by atoms with E-state index in [9.17, 15) is 14.4 Å². The van der Waals surface area contributed by atoms with Gasteiger partial charge in [-0.25, -0.2) is 9.78 Å². The highest BCUT2D eigenvalue weighted by Crippen LogP contribution is 2.41. The number of hydrogen-bond donors (Lipinski definition) is 2. The van der Waals surface area contributed by atoms with Crippen LogP contribution in [0.15, 0.2) is 42.5 Å². The Balaban J connectivity index is 1.16. The molecule has 10 heteroatoms. The first-order valence-corrected chi connectivity index (χ1v) is 12.1. The number of imide groups is 1. The lowest BCUT2D eigenvalue weighted by Crippen LogP contribution is -2.42. The van der Waals surface area contributed by atoms with Crippen molar-refractivity contribution in [3.05, 3.63) is 53.6 Å². The van der Waals surface area contributed by atoms with E-state index in [1.54, 1.807) is 17.4 Å². The number of anilines is 2. The van der Waals surface area contributed by atoms with E-state index in [2.05, 4.69) is 20.5 Å². The summed E-state index contributed by atoms with van der Waals surface area (Å²) in [5.41, 5.74) is 2.27. The molecule has 2 N–H and O–H groups in total. The fraction of sp³-hybridized carbons (Fsp3) is 0.333. The van der Waals surface area contributed by atoms with Crippen LogP contribution in [0.2, 0.25) is 0 Å². The molecule has 2 saturated heterocycles. The van der Waals surface area contributed by atoms with Crippen LogP contribution >= 0.6 is 11.3 Å². The number of aromatic nitrogens is 1. The van der Waals surface area contributed by atoms with Crippen molar-refractivity contribution in [2.45, 2.75) is 18.4 Å². The lowest BCUT2D eigenvalue weighted by Gasteiger charge is -2.25. The monoisotopic (exact) mass is 477 g/mol. The number of urea groups is 1. The fourth-order valence-corrected chi connectivity index (χ4v) is 6.01. The van der Waals surface area contributed by atoms with Gasteiger partial charge in [0.2, 0.25) is 5.91 Å². The average molecular weight is 478 g/mol. The zero-order valence-electron chi connectivity index (χ0n) is 18.4. The molecular weight excluding hydrogens is 454 g/mol. The van der Waals surface area contributed by atoms with Gasteiger partial charge in [-0.05, 0) is 42.2 Å². The predicted octanol–water partition coefficient (Wildman–Crippen LogP) is 2.46. The van der Waals surface area contributed by atoms with Gasteiger partial charge >= 0.3 is 6.03 Å². The maximum Gasteiger partial charge on any atom is 0.325 e. The first-order valence-electron chi connectivity index (χ1n) is 11.3. The van der Waals surface area contributed by atoms with E-state index in [-0.39, 0.29) is 12.5 Å². The number of nitrogens with zero attached hydrogens (tertiary/aromatic N) is 3. The Morgan fingerprint density at radius 3 is 2.85 bits per heavy atom. The number of morpholine rings is 1. The molecule has 2 aromatic carbocycles. The summed E-state index contributed by atoms with van der Waals surface area (Å²) in [7, 11) is 0. The molecule has 0 bridgehead atoms. The standard InChI is InChI=1S/C24H23N5O4S/c30-20(14-29-21(31)24(27-22(29)32)8-7-15-3-1-2-4-17(15)24)25-16-5-6-18-19(13-16)34-23(26-18)28-9-11-33-12-10-28/h1-6,13H,7-12,14H2,(H,25,30)(H,27,32). The molecule has 2 aliphatic heterocycles. The molecule has 34 heavy (non-hydrogen) atoms. The summed E-state index contributed by atoms with van der Waals surface area (Å²) in [6.45, 7) is 2.65. The van der Waals surface area contributed by atoms with Crippen LogP contribution in [-0.4, -0.2) is 60.6 Å². The van der Waals surface area contributed by atoms with Crippen molar-refractivity contribution >= 4 is 50.2 Å². The van der Waals surface area contributed by atoms with Crippen LogP contribution in [0.3, 0.4) is 0 Å². The normalized spacial score (nSPS) is 21.9. The minimum atomic E-state index is -1.06. The topological polar surface area (TPSA) is 104 Å². The highest BCUT2D eigenvalue weighted by atomic mass is 32.1. The van der Waals surface area contributed by atoms with Crippen LogP contribution in [0.4, 0.5) is 15.6 Å². The fourth-order valence-electron chi connectivity index (χ4n) is 4.96. The number of benzene rings is 2. The maximum absolute atomic E-state index is 13.3. The van der Waals surface area contributed by atoms with E-state index in [0.29, 0.717) is 31.7 Å². The lowest BCUT2D eigenvalue weighted by molar-refractivity contribution is -0.134. The van der Waals surface area contributed by atoms with Crippen molar-refractivity contribution < 1.29 is 19.1 Å². The molecule has 2 fully saturated rings. The molecule has 6 rings (SSSR count). The number of carbonyl (C=O) groups excluding carboxylic acids is 3. The summed E-state index contributed by atoms with van der Waals surface area (Å²) in [6, 6.07) is 12.6. The van der Waals surface area contributed by atoms with Gasteiger partial charge in [-0.15, -0.1) is 0 Å². The van der Waals surface area contributed by atoms with Gasteiger partial charge in [0.25, 0.3) is 5.91 Å². The molecule has 9 nitrogen and oxygen atoms in total. The molecule has 3 aromatic rings. The van der Waals surface area contributed by atoms with E-state index in [1.807, 2.05) is 36.4 Å². The van der Waals surface area contributed by atoms with Crippen LogP contribution in [0.25, 0.3) is 10.2 Å². The number of ether oxygens (including phenoxy) is 1. The van der Waals surface area contributed by atoms with E-state index < -0.39 is 17.5 Å². The van der Waals surface area contributed by atoms with Crippen LogP contribution in [0.5, 0.6) is 0 Å². The summed E-state index contributed by atoms with van der Waals surface area (Å²) in [5.74, 6) is -0.797. The van der Waals surface area contributed by atoms with Crippen molar-refractivity contribution in [2.24, 2.45) is 0 Å². The van der Waals surface area contributed by atoms with Gasteiger partial charge in [0.05, 0.1) is 23.4 Å². The number of carbonyl (C=O) groups is 3. The molecule has 0 radical (unpaired) electrons. The molecule has 3 heterocycles. The van der Waals surface area contributed by atoms with Gasteiger partial charge in [-0.2, -0.15) is 0 Å². The van der Waals surface area contributed by atoms with Crippen molar-refractivity contribution in [1.29, 1.82) is 0 Å². The third-order valence-corrected chi connectivity index (χ3v) is 7.75. The first kappa shape index (κ1) is 21.1. The van der Waals surface area contributed by atoms with Crippen molar-refractivity contribution in [2.75, 3.05) is 43.1 Å². The number of rotatable bonds is 4. The summed E-state index contributed by atoms with van der Waals surface area (Å²) in [5, 5.41) is 6.60. The Bertz CT molecular complexity index is 1320. The highest BCUT2D eigenvalue weighted by molar-refractivity contribution is 7.22. The van der Waals surface area contributed by atoms with Gasteiger partial charge in [-0.1, -0.05) is 35.6 Å². The molecule has 1 aromatic heterocycles. The molecule has 174 valence electrons. The third kappa shape index (κ3) is 3.41. The molecule has 0 saturated carbocycles. The van der Waals surface area contributed by atoms with Crippen LogP contribution in [0, 0.1) is 0 Å². The zero-order chi connectivity index (χ0) is 23.3. The Kier molecular flexibility index (Phi) is 5.00. The minimum Gasteiger partial charge on any atom is -0.378 e. The number of nitrogens with one attached hydrogen (secondary N) is 2. The number of hydrogen-bond acceptors (Lipinski definition) is 7. The molecule has 1 atom stereocenters. The van der Waals surface area contributed by atoms with Gasteiger partial charge in [0, 0.05) is 18.8 Å². The molecule has 1 spiro atoms. The van der Waals surface area contributed by atoms with Crippen molar-refractivity contribution in [3.8, 4) is 0 Å². The number of aryl methyl sites for hydroxylation is 1. The van der Waals surface area contributed by atoms with Crippen molar-refractivity contribution in [3.63, 3.8) is 0 Å². The Labute approximate surface area is 199 Å². The second-order valence-corrected chi connectivity index (χ2v) is 9.72. The second kappa shape index (κ2) is 8.07. The number of fused-ring (bicyclic) bond motifs is 3. The molecule has 3 aliphatic rings. The largest absolute Gasteiger partial charge is 0.378 e. The highest BCUT2D eigenvalue weighted by Gasteiger charge is 2.55. The average Bonchev–Trinajstić information content (AvgIpc) is 3.51. The minimum absolute atomic E-state index is 0.339. The van der Waals surface area contributed by atoms with Crippen LogP contribution < -0.4 is 15.5 Å². The maximum atomic E-state index is 13.3. The quantitative estimate of drug-likeness (QED) is 0.560. The first-order chi connectivity index (χ1) is 16.5. The molecule has 1 unspecified atom stereocenters. The van der Waals surface area contributed by atoms with E-state index >= 15 is 0 Å². The van der Waals surface area contributed by atoms with Crippen LogP contribution in [-0.2, 0) is 26.3 Å². The van der Waals surface area contributed by atoms with Crippen LogP contribution in [0.1, 0.15) is 17.5 Å². The third-order valence-electron chi connectivity index (χ3n) is 6.67. The Morgan fingerprint density at radius 1 is 1.18 bits per heavy atom. The summed E-state index contributed by atoms with van der Waals surface area (Å²) in [4.78, 5) is 46.6. The smallest absolute Gasteiger partial charge is 0.325 e. The van der Waals surface area contributed by atoms with E-state index in [0.717, 1.165) is 44.5 Å². The van der Waals surface area contributed by atoms with Gasteiger partial charge < -0.3 is 20.3 Å². The summed E-state index contributed by atoms with van der Waals surface area (Å²) >= 11 is 1.56. The molecule has 4 amide bonds. The SMILES string of the molecule is O=C(CN1C(=O)NC2(CCc3ccccc32)C1=O)Nc1ccc2nc(N3CCOCC3)sc2c1. The Morgan fingerprint density at radius 2 is 2.00 bits per heavy atom. The summed E-state index contributed by atoms with van der Waals surface area (Å²) < 4.78 is 6.36. The van der Waals surface area contributed by atoms with Gasteiger partial charge in [0.15, 0.2) is 5.13 Å². The van der Waals surface area contributed by atoms with E-state index in [4.69, 9.17) is 4.74 Å². The second-order valence-electron chi connectivity index (χ2n) is 8.71. The van der Waals surface area contributed by atoms with Crippen molar-refractivity contribution in [1.82, 2.24) is 15.2 Å². The number of thiazole rings is 1. The van der Waals surface area contributed by atoms with Gasteiger partial charge in [-0.3, -0.25) is 14.5 Å². The summed E-state index contributed by atoms with van der Waals surface area (Å²) in [6.07, 6.45) is 1.21.